The third-order valence-electron chi connectivity index (χ3n) is 4.61. The Kier molecular flexibility index (Phi) is 4.53. The summed E-state index contributed by atoms with van der Waals surface area (Å²) in [6.45, 7) is 1.10. The van der Waals surface area contributed by atoms with E-state index in [0.29, 0.717) is 31.4 Å². The molecule has 4 heterocycles. The third-order valence-corrected chi connectivity index (χ3v) is 6.44. The molecule has 25 heavy (non-hydrogen) atoms. The van der Waals surface area contributed by atoms with E-state index in [2.05, 4.69) is 15.2 Å². The normalized spacial score (nSPS) is 25.3. The maximum absolute atomic E-state index is 13.0. The van der Waals surface area contributed by atoms with Gasteiger partial charge in [-0.05, 0) is 37.8 Å². The van der Waals surface area contributed by atoms with Crippen LogP contribution in [0.25, 0.3) is 0 Å². The zero-order valence-corrected chi connectivity index (χ0v) is 14.6. The standard InChI is InChI=1S/C16H20N4O4S/c21-25(22,14-8-1-3-9-17-14)20-10-4-2-6-12(20)15-18-19-16(24-15)13-7-5-11-23-13/h1,3,8-9,12-13H,2,4-7,10-11H2/t12?,13-/m1/s1. The summed E-state index contributed by atoms with van der Waals surface area (Å²) >= 11 is 0. The SMILES string of the molecule is O=S(=O)(c1ccccn1)N1CCCCC1c1nnc([C@H]2CCCO2)o1. The minimum atomic E-state index is -3.71. The van der Waals surface area contributed by atoms with Gasteiger partial charge in [0.1, 0.15) is 12.1 Å². The van der Waals surface area contributed by atoms with Crippen molar-refractivity contribution in [2.75, 3.05) is 13.2 Å². The molecule has 0 spiro atoms. The lowest BCUT2D eigenvalue weighted by Gasteiger charge is -2.32. The van der Waals surface area contributed by atoms with E-state index in [4.69, 9.17) is 9.15 Å². The fourth-order valence-electron chi connectivity index (χ4n) is 3.34. The zero-order chi connectivity index (χ0) is 17.3. The number of hydrogen-bond acceptors (Lipinski definition) is 7. The summed E-state index contributed by atoms with van der Waals surface area (Å²) in [5.41, 5.74) is 0. The highest BCUT2D eigenvalue weighted by atomic mass is 32.2. The topological polar surface area (TPSA) is 98.4 Å². The van der Waals surface area contributed by atoms with Crippen molar-refractivity contribution < 1.29 is 17.6 Å². The first-order valence-corrected chi connectivity index (χ1v) is 9.98. The van der Waals surface area contributed by atoms with E-state index in [9.17, 15) is 8.42 Å². The van der Waals surface area contributed by atoms with E-state index in [1.165, 1.54) is 16.6 Å². The van der Waals surface area contributed by atoms with Gasteiger partial charge in [0.25, 0.3) is 10.0 Å². The van der Waals surface area contributed by atoms with Crippen LogP contribution in [0.2, 0.25) is 0 Å². The average Bonchev–Trinajstić information content (AvgIpc) is 3.34. The van der Waals surface area contributed by atoms with Gasteiger partial charge in [0.2, 0.25) is 11.8 Å². The van der Waals surface area contributed by atoms with Gasteiger partial charge in [-0.15, -0.1) is 10.2 Å². The van der Waals surface area contributed by atoms with Gasteiger partial charge < -0.3 is 9.15 Å². The van der Waals surface area contributed by atoms with Gasteiger partial charge in [0.05, 0.1) is 0 Å². The van der Waals surface area contributed by atoms with Crippen LogP contribution in [0.15, 0.2) is 33.8 Å². The number of pyridine rings is 1. The summed E-state index contributed by atoms with van der Waals surface area (Å²) in [6.07, 6.45) is 5.48. The van der Waals surface area contributed by atoms with Crippen LogP contribution in [0.3, 0.4) is 0 Å². The second kappa shape index (κ2) is 6.81. The van der Waals surface area contributed by atoms with Gasteiger partial charge in [0.15, 0.2) is 5.03 Å². The molecule has 2 aliphatic heterocycles. The molecule has 2 atom stereocenters. The lowest BCUT2D eigenvalue weighted by molar-refractivity contribution is 0.0858. The highest BCUT2D eigenvalue weighted by Crippen LogP contribution is 2.36. The fourth-order valence-corrected chi connectivity index (χ4v) is 4.93. The molecule has 2 saturated heterocycles. The van der Waals surface area contributed by atoms with Crippen LogP contribution in [-0.4, -0.2) is 41.1 Å². The molecule has 0 aromatic carbocycles. The fraction of sp³-hybridized carbons (Fsp3) is 0.562. The number of nitrogens with zero attached hydrogens (tertiary/aromatic N) is 4. The Morgan fingerprint density at radius 2 is 1.96 bits per heavy atom. The molecule has 8 nitrogen and oxygen atoms in total. The molecule has 0 saturated carbocycles. The van der Waals surface area contributed by atoms with E-state index >= 15 is 0 Å². The highest BCUT2D eigenvalue weighted by molar-refractivity contribution is 7.89. The Balaban J connectivity index is 1.63. The van der Waals surface area contributed by atoms with Crippen molar-refractivity contribution in [2.45, 2.75) is 49.3 Å². The first kappa shape index (κ1) is 16.6. The minimum absolute atomic E-state index is 0.0424. The number of piperidine rings is 1. The largest absolute Gasteiger partial charge is 0.421 e. The Bertz CT molecular complexity index is 818. The van der Waals surface area contributed by atoms with Crippen LogP contribution in [-0.2, 0) is 14.8 Å². The molecule has 0 aliphatic carbocycles. The number of ether oxygens (including phenoxy) is 1. The summed E-state index contributed by atoms with van der Waals surface area (Å²) in [5, 5.41) is 8.24. The van der Waals surface area contributed by atoms with Crippen LogP contribution < -0.4 is 0 Å². The Morgan fingerprint density at radius 1 is 1.08 bits per heavy atom. The maximum atomic E-state index is 13.0. The summed E-state index contributed by atoms with van der Waals surface area (Å²) < 4.78 is 38.8. The quantitative estimate of drug-likeness (QED) is 0.820. The highest BCUT2D eigenvalue weighted by Gasteiger charge is 2.38. The molecule has 2 aliphatic rings. The molecule has 9 heteroatoms. The predicted molar refractivity (Wildman–Crippen MR) is 86.9 cm³/mol. The van der Waals surface area contributed by atoms with Crippen LogP contribution in [0.1, 0.15) is 56.0 Å². The molecule has 134 valence electrons. The van der Waals surface area contributed by atoms with E-state index in [1.54, 1.807) is 12.1 Å². The van der Waals surface area contributed by atoms with E-state index in [1.807, 2.05) is 0 Å². The molecule has 1 unspecified atom stereocenters. The second-order valence-electron chi connectivity index (χ2n) is 6.28. The smallest absolute Gasteiger partial charge is 0.261 e. The molecule has 2 aromatic rings. The molecule has 2 fully saturated rings. The van der Waals surface area contributed by atoms with Gasteiger partial charge in [-0.1, -0.05) is 12.5 Å². The van der Waals surface area contributed by atoms with Crippen molar-refractivity contribution in [3.63, 3.8) is 0 Å². The minimum Gasteiger partial charge on any atom is -0.421 e. The number of rotatable bonds is 4. The Hall–Kier alpha value is -1.84. The summed E-state index contributed by atoms with van der Waals surface area (Å²) in [4.78, 5) is 4.01. The zero-order valence-electron chi connectivity index (χ0n) is 13.7. The van der Waals surface area contributed by atoms with Crippen molar-refractivity contribution in [3.05, 3.63) is 36.2 Å². The molecule has 0 radical (unpaired) electrons. The second-order valence-corrected chi connectivity index (χ2v) is 8.11. The van der Waals surface area contributed by atoms with E-state index < -0.39 is 16.1 Å². The lowest BCUT2D eigenvalue weighted by Crippen LogP contribution is -2.39. The van der Waals surface area contributed by atoms with Gasteiger partial charge in [-0.3, -0.25) is 0 Å². The molecular weight excluding hydrogens is 344 g/mol. The summed E-state index contributed by atoms with van der Waals surface area (Å²) in [5.74, 6) is 0.776. The van der Waals surface area contributed by atoms with Crippen LogP contribution in [0.5, 0.6) is 0 Å². The first-order chi connectivity index (χ1) is 12.2. The molecule has 0 N–H and O–H groups in total. The van der Waals surface area contributed by atoms with E-state index in [-0.39, 0.29) is 11.1 Å². The van der Waals surface area contributed by atoms with Crippen molar-refractivity contribution in [3.8, 4) is 0 Å². The van der Waals surface area contributed by atoms with E-state index in [0.717, 1.165) is 25.7 Å². The molecule has 2 aromatic heterocycles. The molecule has 0 amide bonds. The van der Waals surface area contributed by atoms with Crippen molar-refractivity contribution in [2.24, 2.45) is 0 Å². The van der Waals surface area contributed by atoms with Crippen molar-refractivity contribution >= 4 is 10.0 Å². The monoisotopic (exact) mass is 364 g/mol. The van der Waals surface area contributed by atoms with Gasteiger partial charge >= 0.3 is 0 Å². The maximum Gasteiger partial charge on any atom is 0.261 e. The Labute approximate surface area is 146 Å². The Morgan fingerprint density at radius 3 is 2.72 bits per heavy atom. The number of sulfonamides is 1. The number of aromatic nitrogens is 3. The van der Waals surface area contributed by atoms with Crippen LogP contribution in [0.4, 0.5) is 0 Å². The molecule has 0 bridgehead atoms. The summed E-state index contributed by atoms with van der Waals surface area (Å²) in [6, 6.07) is 4.41. The predicted octanol–water partition coefficient (Wildman–Crippen LogP) is 2.23. The number of hydrogen-bond donors (Lipinski definition) is 0. The van der Waals surface area contributed by atoms with Crippen LogP contribution in [0, 0.1) is 0 Å². The third kappa shape index (κ3) is 3.19. The lowest BCUT2D eigenvalue weighted by atomic mass is 10.1. The van der Waals surface area contributed by atoms with Crippen LogP contribution >= 0.6 is 0 Å². The summed E-state index contributed by atoms with van der Waals surface area (Å²) in [7, 11) is -3.71. The van der Waals surface area contributed by atoms with Gasteiger partial charge in [-0.25, -0.2) is 13.4 Å². The first-order valence-electron chi connectivity index (χ1n) is 8.54. The van der Waals surface area contributed by atoms with Gasteiger partial charge in [-0.2, -0.15) is 4.31 Å². The molecular formula is C16H20N4O4S. The van der Waals surface area contributed by atoms with Crippen molar-refractivity contribution in [1.29, 1.82) is 0 Å². The average molecular weight is 364 g/mol. The van der Waals surface area contributed by atoms with Crippen molar-refractivity contribution in [1.82, 2.24) is 19.5 Å². The molecule has 4 rings (SSSR count). The van der Waals surface area contributed by atoms with Gasteiger partial charge in [0, 0.05) is 19.3 Å².